The third-order valence-electron chi connectivity index (χ3n) is 1.07. The molecule has 4 nitrogen and oxygen atoms in total. The fourth-order valence-corrected chi connectivity index (χ4v) is 1.35. The fourth-order valence-electron chi connectivity index (χ4n) is 0.633. The molecule has 5 heteroatoms. The second kappa shape index (κ2) is 3.34. The average molecular weight is 170 g/mol. The largest absolute Gasteiger partial charge is 0.370 e. The summed E-state index contributed by atoms with van der Waals surface area (Å²) < 4.78 is 0. The van der Waals surface area contributed by atoms with Gasteiger partial charge in [0, 0.05) is 11.1 Å². The Bertz CT molecular complexity index is 261. The van der Waals surface area contributed by atoms with Gasteiger partial charge in [-0.25, -0.2) is 9.98 Å². The number of aromatic nitrogens is 1. The van der Waals surface area contributed by atoms with Crippen LogP contribution >= 0.6 is 11.3 Å². The van der Waals surface area contributed by atoms with Crippen molar-refractivity contribution in [2.45, 2.75) is 13.5 Å². The van der Waals surface area contributed by atoms with Crippen LogP contribution in [0.25, 0.3) is 0 Å². The lowest BCUT2D eigenvalue weighted by molar-refractivity contribution is 1.03. The second-order valence-electron chi connectivity index (χ2n) is 2.11. The molecule has 0 aliphatic rings. The number of rotatable bonds is 2. The predicted octanol–water partition coefficient (Wildman–Crippen LogP) is 0.225. The van der Waals surface area contributed by atoms with Crippen molar-refractivity contribution in [3.8, 4) is 0 Å². The minimum absolute atomic E-state index is 0.109. The van der Waals surface area contributed by atoms with Gasteiger partial charge in [-0.2, -0.15) is 0 Å². The highest BCUT2D eigenvalue weighted by Crippen LogP contribution is 2.11. The summed E-state index contributed by atoms with van der Waals surface area (Å²) in [5, 5.41) is 0.941. The molecule has 0 aromatic carbocycles. The number of nitrogens with zero attached hydrogens (tertiary/aromatic N) is 2. The van der Waals surface area contributed by atoms with Crippen LogP contribution in [0.15, 0.2) is 11.2 Å². The van der Waals surface area contributed by atoms with Gasteiger partial charge in [0.15, 0.2) is 5.96 Å². The highest BCUT2D eigenvalue weighted by molar-refractivity contribution is 7.11. The van der Waals surface area contributed by atoms with Gasteiger partial charge in [-0.05, 0) is 6.92 Å². The number of thiazole rings is 1. The lowest BCUT2D eigenvalue weighted by Gasteiger charge is -1.88. The monoisotopic (exact) mass is 170 g/mol. The Kier molecular flexibility index (Phi) is 2.43. The van der Waals surface area contributed by atoms with E-state index in [2.05, 4.69) is 9.98 Å². The molecule has 0 atom stereocenters. The van der Waals surface area contributed by atoms with Crippen LogP contribution in [0.1, 0.15) is 9.88 Å². The van der Waals surface area contributed by atoms with Crippen molar-refractivity contribution in [2.75, 3.05) is 0 Å². The Balaban J connectivity index is 2.58. The van der Waals surface area contributed by atoms with E-state index in [1.165, 1.54) is 4.88 Å². The lowest BCUT2D eigenvalue weighted by atomic mass is 10.6. The van der Waals surface area contributed by atoms with Crippen molar-refractivity contribution in [1.82, 2.24) is 4.98 Å². The molecule has 0 aliphatic carbocycles. The smallest absolute Gasteiger partial charge is 0.186 e. The van der Waals surface area contributed by atoms with Crippen LogP contribution in [0.4, 0.5) is 0 Å². The maximum atomic E-state index is 5.15. The van der Waals surface area contributed by atoms with Gasteiger partial charge in [0.25, 0.3) is 0 Å². The molecule has 0 saturated carbocycles. The summed E-state index contributed by atoms with van der Waals surface area (Å²) in [6.45, 7) is 2.48. The van der Waals surface area contributed by atoms with Gasteiger partial charge in [0.05, 0.1) is 6.54 Å². The summed E-state index contributed by atoms with van der Waals surface area (Å²) in [6, 6.07) is 0. The van der Waals surface area contributed by atoms with E-state index in [0.717, 1.165) is 5.01 Å². The van der Waals surface area contributed by atoms with E-state index in [0.29, 0.717) is 6.54 Å². The zero-order valence-corrected chi connectivity index (χ0v) is 7.06. The molecule has 60 valence electrons. The minimum atomic E-state index is 0.109. The van der Waals surface area contributed by atoms with Gasteiger partial charge in [-0.1, -0.05) is 0 Å². The molecule has 0 unspecified atom stereocenters. The molecule has 0 amide bonds. The predicted molar refractivity (Wildman–Crippen MR) is 46.4 cm³/mol. The Morgan fingerprint density at radius 3 is 2.91 bits per heavy atom. The van der Waals surface area contributed by atoms with Crippen LogP contribution in [0.2, 0.25) is 0 Å². The van der Waals surface area contributed by atoms with E-state index in [4.69, 9.17) is 11.5 Å². The van der Waals surface area contributed by atoms with Crippen LogP contribution in [-0.2, 0) is 6.54 Å². The van der Waals surface area contributed by atoms with Crippen molar-refractivity contribution in [1.29, 1.82) is 0 Å². The summed E-state index contributed by atoms with van der Waals surface area (Å²) in [5.41, 5.74) is 10.3. The Labute approximate surface area is 69.0 Å². The van der Waals surface area contributed by atoms with Gasteiger partial charge in [-0.3, -0.25) is 0 Å². The molecule has 4 N–H and O–H groups in total. The SMILES string of the molecule is Cc1cnc(CN=C(N)N)s1. The lowest BCUT2D eigenvalue weighted by Crippen LogP contribution is -2.22. The third kappa shape index (κ3) is 2.55. The van der Waals surface area contributed by atoms with E-state index in [1.54, 1.807) is 11.3 Å². The number of nitrogens with two attached hydrogens (primary N) is 2. The number of hydrogen-bond donors (Lipinski definition) is 2. The molecule has 1 heterocycles. The molecule has 0 bridgehead atoms. The van der Waals surface area contributed by atoms with Gasteiger partial charge in [0.1, 0.15) is 5.01 Å². The summed E-state index contributed by atoms with van der Waals surface area (Å²) in [5.74, 6) is 0.109. The first-order valence-electron chi connectivity index (χ1n) is 3.15. The van der Waals surface area contributed by atoms with Gasteiger partial charge in [-0.15, -0.1) is 11.3 Å². The van der Waals surface area contributed by atoms with Crippen molar-refractivity contribution in [3.05, 3.63) is 16.1 Å². The van der Waals surface area contributed by atoms with E-state index < -0.39 is 0 Å². The van der Waals surface area contributed by atoms with Crippen molar-refractivity contribution >= 4 is 17.3 Å². The number of aliphatic imine (C=N–C) groups is 1. The molecule has 1 rings (SSSR count). The zero-order valence-electron chi connectivity index (χ0n) is 6.24. The maximum absolute atomic E-state index is 5.15. The van der Waals surface area contributed by atoms with Crippen LogP contribution in [0, 0.1) is 6.92 Å². The molecule has 0 aliphatic heterocycles. The quantitative estimate of drug-likeness (QED) is 0.492. The first-order valence-corrected chi connectivity index (χ1v) is 3.97. The Morgan fingerprint density at radius 2 is 2.45 bits per heavy atom. The number of guanidine groups is 1. The van der Waals surface area contributed by atoms with Crippen LogP contribution in [0.3, 0.4) is 0 Å². The first kappa shape index (κ1) is 8.00. The first-order chi connectivity index (χ1) is 5.18. The highest BCUT2D eigenvalue weighted by Gasteiger charge is 1.95. The molecule has 0 spiro atoms. The van der Waals surface area contributed by atoms with Crippen LogP contribution in [-0.4, -0.2) is 10.9 Å². The summed E-state index contributed by atoms with van der Waals surface area (Å²) in [6.07, 6.45) is 1.81. The van der Waals surface area contributed by atoms with Crippen LogP contribution < -0.4 is 11.5 Å². The molecule has 1 aromatic heterocycles. The van der Waals surface area contributed by atoms with Gasteiger partial charge >= 0.3 is 0 Å². The Hall–Kier alpha value is -1.10. The zero-order chi connectivity index (χ0) is 8.27. The summed E-state index contributed by atoms with van der Waals surface area (Å²) in [4.78, 5) is 9.09. The van der Waals surface area contributed by atoms with E-state index in [-0.39, 0.29) is 5.96 Å². The van der Waals surface area contributed by atoms with Crippen molar-refractivity contribution in [2.24, 2.45) is 16.5 Å². The van der Waals surface area contributed by atoms with Crippen molar-refractivity contribution < 1.29 is 0 Å². The van der Waals surface area contributed by atoms with E-state index in [1.807, 2.05) is 13.1 Å². The highest BCUT2D eigenvalue weighted by atomic mass is 32.1. The molecule has 0 fully saturated rings. The molecule has 1 aromatic rings. The number of hydrogen-bond acceptors (Lipinski definition) is 3. The van der Waals surface area contributed by atoms with Gasteiger partial charge < -0.3 is 11.5 Å². The summed E-state index contributed by atoms with van der Waals surface area (Å²) in [7, 11) is 0. The van der Waals surface area contributed by atoms with Gasteiger partial charge in [0.2, 0.25) is 0 Å². The molecule has 0 radical (unpaired) electrons. The number of aryl methyl sites for hydroxylation is 1. The molecular weight excluding hydrogens is 160 g/mol. The second-order valence-corrected chi connectivity index (χ2v) is 3.43. The van der Waals surface area contributed by atoms with Crippen molar-refractivity contribution in [3.63, 3.8) is 0 Å². The van der Waals surface area contributed by atoms with Crippen LogP contribution in [0.5, 0.6) is 0 Å². The standard InChI is InChI=1S/C6H10N4S/c1-4-2-9-5(11-4)3-10-6(7)8/h2H,3H2,1H3,(H4,7,8,10). The molecule has 11 heavy (non-hydrogen) atoms. The fraction of sp³-hybridized carbons (Fsp3) is 0.333. The normalized spacial score (nSPS) is 9.55. The maximum Gasteiger partial charge on any atom is 0.186 e. The minimum Gasteiger partial charge on any atom is -0.370 e. The topological polar surface area (TPSA) is 77.3 Å². The molecule has 0 saturated heterocycles. The third-order valence-corrected chi connectivity index (χ3v) is 1.96. The Morgan fingerprint density at radius 1 is 1.73 bits per heavy atom. The van der Waals surface area contributed by atoms with E-state index in [9.17, 15) is 0 Å². The molecular formula is C6H10N4S. The summed E-state index contributed by atoms with van der Waals surface area (Å²) >= 11 is 1.60. The van der Waals surface area contributed by atoms with E-state index >= 15 is 0 Å². The average Bonchev–Trinajstić information content (AvgIpc) is 2.31.